The van der Waals surface area contributed by atoms with Gasteiger partial charge < -0.3 is 15.5 Å². The van der Waals surface area contributed by atoms with Crippen molar-refractivity contribution in [3.8, 4) is 0 Å². The van der Waals surface area contributed by atoms with Crippen LogP contribution in [0.15, 0.2) is 0 Å². The van der Waals surface area contributed by atoms with Gasteiger partial charge in [0.1, 0.15) is 0 Å². The normalized spacial score (nSPS) is 22.9. The molecule has 1 heterocycles. The molecule has 1 unspecified atom stereocenters. The minimum atomic E-state index is -0.164. The van der Waals surface area contributed by atoms with Crippen molar-refractivity contribution in [1.82, 2.24) is 15.5 Å². The van der Waals surface area contributed by atoms with Gasteiger partial charge in [-0.1, -0.05) is 6.42 Å². The van der Waals surface area contributed by atoms with Gasteiger partial charge in [0, 0.05) is 18.1 Å². The van der Waals surface area contributed by atoms with Crippen molar-refractivity contribution < 1.29 is 4.79 Å². The highest BCUT2D eigenvalue weighted by Gasteiger charge is 2.20. The molecule has 0 saturated carbocycles. The number of urea groups is 1. The van der Waals surface area contributed by atoms with E-state index in [1.165, 1.54) is 19.3 Å². The lowest BCUT2D eigenvalue weighted by Gasteiger charge is -2.32. The Morgan fingerprint density at radius 2 is 2.06 bits per heavy atom. The average molecular weight is 227 g/mol. The van der Waals surface area contributed by atoms with Crippen molar-refractivity contribution in [3.05, 3.63) is 0 Å². The van der Waals surface area contributed by atoms with E-state index in [0.717, 1.165) is 13.1 Å². The largest absolute Gasteiger partial charge is 0.337 e. The SMILES string of the molecule is CN1CCCCC1CNC(=O)NC(C)(C)C. The smallest absolute Gasteiger partial charge is 0.315 e. The van der Waals surface area contributed by atoms with Gasteiger partial charge in [0.05, 0.1) is 0 Å². The number of likely N-dealkylation sites (N-methyl/N-ethyl adjacent to an activating group) is 1. The van der Waals surface area contributed by atoms with Crippen LogP contribution in [0.3, 0.4) is 0 Å². The number of nitrogens with zero attached hydrogens (tertiary/aromatic N) is 1. The first-order valence-corrected chi connectivity index (χ1v) is 6.15. The number of amides is 2. The summed E-state index contributed by atoms with van der Waals surface area (Å²) >= 11 is 0. The van der Waals surface area contributed by atoms with Crippen LogP contribution >= 0.6 is 0 Å². The molecule has 4 heteroatoms. The van der Waals surface area contributed by atoms with Crippen LogP contribution in [0.1, 0.15) is 40.0 Å². The van der Waals surface area contributed by atoms with Crippen LogP contribution < -0.4 is 10.6 Å². The van der Waals surface area contributed by atoms with E-state index in [2.05, 4.69) is 22.6 Å². The average Bonchev–Trinajstić information content (AvgIpc) is 2.14. The highest BCUT2D eigenvalue weighted by Crippen LogP contribution is 2.13. The summed E-state index contributed by atoms with van der Waals surface area (Å²) in [7, 11) is 2.13. The minimum absolute atomic E-state index is 0.0635. The fourth-order valence-electron chi connectivity index (χ4n) is 2.00. The standard InChI is InChI=1S/C12H25N3O/c1-12(2,3)14-11(16)13-9-10-7-5-6-8-15(10)4/h10H,5-9H2,1-4H3,(H2,13,14,16). The topological polar surface area (TPSA) is 44.4 Å². The van der Waals surface area contributed by atoms with Crippen LogP contribution in [0, 0.1) is 0 Å². The van der Waals surface area contributed by atoms with Gasteiger partial charge >= 0.3 is 6.03 Å². The molecular formula is C12H25N3O. The van der Waals surface area contributed by atoms with Gasteiger partial charge in [-0.15, -0.1) is 0 Å². The van der Waals surface area contributed by atoms with Crippen molar-refractivity contribution in [2.45, 2.75) is 51.6 Å². The van der Waals surface area contributed by atoms with Crippen molar-refractivity contribution in [1.29, 1.82) is 0 Å². The fourth-order valence-corrected chi connectivity index (χ4v) is 2.00. The van der Waals surface area contributed by atoms with Crippen LogP contribution in [-0.4, -0.2) is 42.6 Å². The molecule has 1 saturated heterocycles. The summed E-state index contributed by atoms with van der Waals surface area (Å²) in [6, 6.07) is 0.436. The summed E-state index contributed by atoms with van der Waals surface area (Å²) in [6.45, 7) is 7.85. The third-order valence-electron chi connectivity index (χ3n) is 2.91. The lowest BCUT2D eigenvalue weighted by Crippen LogP contribution is -2.51. The third kappa shape index (κ3) is 4.84. The van der Waals surface area contributed by atoms with Gasteiger partial charge in [0.25, 0.3) is 0 Å². The van der Waals surface area contributed by atoms with Gasteiger partial charge in [-0.2, -0.15) is 0 Å². The van der Waals surface area contributed by atoms with E-state index in [-0.39, 0.29) is 11.6 Å². The molecule has 2 N–H and O–H groups in total. The molecule has 1 atom stereocenters. The molecule has 1 fully saturated rings. The molecule has 1 rings (SSSR count). The zero-order chi connectivity index (χ0) is 12.2. The van der Waals surface area contributed by atoms with Crippen molar-refractivity contribution >= 4 is 6.03 Å². The van der Waals surface area contributed by atoms with E-state index < -0.39 is 0 Å². The van der Waals surface area contributed by atoms with Crippen LogP contribution in [0.25, 0.3) is 0 Å². The molecule has 94 valence electrons. The molecule has 1 aliphatic rings. The third-order valence-corrected chi connectivity index (χ3v) is 2.91. The Labute approximate surface area is 98.8 Å². The maximum Gasteiger partial charge on any atom is 0.315 e. The first-order chi connectivity index (χ1) is 7.38. The summed E-state index contributed by atoms with van der Waals surface area (Å²) < 4.78 is 0. The monoisotopic (exact) mass is 227 g/mol. The first kappa shape index (κ1) is 13.3. The summed E-state index contributed by atoms with van der Waals surface area (Å²) in [5.74, 6) is 0. The maximum absolute atomic E-state index is 11.6. The van der Waals surface area contributed by atoms with Crippen LogP contribution in [0.2, 0.25) is 0 Å². The second-order valence-corrected chi connectivity index (χ2v) is 5.72. The van der Waals surface area contributed by atoms with E-state index in [1.807, 2.05) is 20.8 Å². The van der Waals surface area contributed by atoms with Crippen LogP contribution in [0.5, 0.6) is 0 Å². The maximum atomic E-state index is 11.6. The second-order valence-electron chi connectivity index (χ2n) is 5.72. The molecule has 0 radical (unpaired) electrons. The predicted molar refractivity (Wildman–Crippen MR) is 66.6 cm³/mol. The Hall–Kier alpha value is -0.770. The molecule has 0 aliphatic carbocycles. The molecule has 0 aromatic carbocycles. The highest BCUT2D eigenvalue weighted by molar-refractivity contribution is 5.74. The molecule has 0 aromatic rings. The highest BCUT2D eigenvalue weighted by atomic mass is 16.2. The van der Waals surface area contributed by atoms with Gasteiger partial charge in [0.15, 0.2) is 0 Å². The van der Waals surface area contributed by atoms with Crippen molar-refractivity contribution in [2.24, 2.45) is 0 Å². The van der Waals surface area contributed by atoms with E-state index in [1.54, 1.807) is 0 Å². The summed E-state index contributed by atoms with van der Waals surface area (Å²) in [6.07, 6.45) is 3.74. The number of carbonyl (C=O) groups is 1. The Balaban J connectivity index is 2.25. The van der Waals surface area contributed by atoms with Crippen molar-refractivity contribution in [2.75, 3.05) is 20.1 Å². The molecule has 1 aliphatic heterocycles. The molecule has 4 nitrogen and oxygen atoms in total. The summed E-state index contributed by atoms with van der Waals surface area (Å²) in [5, 5.41) is 5.85. The second kappa shape index (κ2) is 5.53. The van der Waals surface area contributed by atoms with E-state index in [4.69, 9.17) is 0 Å². The van der Waals surface area contributed by atoms with Gasteiger partial charge in [0.2, 0.25) is 0 Å². The Kier molecular flexibility index (Phi) is 4.59. The number of nitrogens with one attached hydrogen (secondary N) is 2. The Morgan fingerprint density at radius 1 is 1.38 bits per heavy atom. The van der Waals surface area contributed by atoms with E-state index in [0.29, 0.717) is 6.04 Å². The number of hydrogen-bond acceptors (Lipinski definition) is 2. The lowest BCUT2D eigenvalue weighted by molar-refractivity contribution is 0.178. The number of rotatable bonds is 2. The predicted octanol–water partition coefficient (Wildman–Crippen LogP) is 1.57. The first-order valence-electron chi connectivity index (χ1n) is 6.15. The zero-order valence-corrected chi connectivity index (χ0v) is 11.0. The summed E-state index contributed by atoms with van der Waals surface area (Å²) in [5.41, 5.74) is -0.164. The van der Waals surface area contributed by atoms with Crippen LogP contribution in [-0.2, 0) is 0 Å². The van der Waals surface area contributed by atoms with Gasteiger partial charge in [-0.25, -0.2) is 4.79 Å². The molecule has 2 amide bonds. The number of piperidine rings is 1. The van der Waals surface area contributed by atoms with E-state index >= 15 is 0 Å². The minimum Gasteiger partial charge on any atom is -0.337 e. The van der Waals surface area contributed by atoms with E-state index in [9.17, 15) is 4.79 Å². The van der Waals surface area contributed by atoms with Gasteiger partial charge in [-0.05, 0) is 47.2 Å². The number of likely N-dealkylation sites (tertiary alicyclic amines) is 1. The Bertz CT molecular complexity index is 235. The molecule has 0 aromatic heterocycles. The van der Waals surface area contributed by atoms with Gasteiger partial charge in [-0.3, -0.25) is 0 Å². The lowest BCUT2D eigenvalue weighted by atomic mass is 10.0. The number of carbonyl (C=O) groups excluding carboxylic acids is 1. The molecule has 0 bridgehead atoms. The number of hydrogen-bond donors (Lipinski definition) is 2. The van der Waals surface area contributed by atoms with Crippen LogP contribution in [0.4, 0.5) is 4.79 Å². The molecule has 0 spiro atoms. The van der Waals surface area contributed by atoms with Crippen molar-refractivity contribution in [3.63, 3.8) is 0 Å². The quantitative estimate of drug-likeness (QED) is 0.752. The zero-order valence-electron chi connectivity index (χ0n) is 11.0. The summed E-state index contributed by atoms with van der Waals surface area (Å²) in [4.78, 5) is 13.9. The Morgan fingerprint density at radius 3 is 2.62 bits per heavy atom. The molecule has 16 heavy (non-hydrogen) atoms. The molecular weight excluding hydrogens is 202 g/mol. The fraction of sp³-hybridized carbons (Fsp3) is 0.917.